The maximum Gasteiger partial charge on any atom is 0.164 e. The van der Waals surface area contributed by atoms with Crippen molar-refractivity contribution in [2.45, 2.75) is 0 Å². The van der Waals surface area contributed by atoms with Gasteiger partial charge in [-0.2, -0.15) is 0 Å². The Hall–Kier alpha value is -6.13. The highest BCUT2D eigenvalue weighted by Gasteiger charge is 2.18. The minimum absolute atomic E-state index is 0.633. The third kappa shape index (κ3) is 4.35. The van der Waals surface area contributed by atoms with E-state index < -0.39 is 0 Å². The molecule has 45 heavy (non-hydrogen) atoms. The minimum Gasteiger partial charge on any atom is -0.455 e. The van der Waals surface area contributed by atoms with E-state index in [1.54, 1.807) is 0 Å². The molecule has 0 aliphatic rings. The second-order valence-electron chi connectivity index (χ2n) is 11.3. The fourth-order valence-corrected chi connectivity index (χ4v) is 6.26. The number of rotatable bonds is 4. The number of hydrogen-bond donors (Lipinski definition) is 0. The van der Waals surface area contributed by atoms with Crippen molar-refractivity contribution in [3.8, 4) is 45.3 Å². The van der Waals surface area contributed by atoms with Gasteiger partial charge in [0.15, 0.2) is 17.5 Å². The molecule has 0 spiro atoms. The van der Waals surface area contributed by atoms with Gasteiger partial charge in [-0.25, -0.2) is 15.0 Å². The van der Waals surface area contributed by atoms with Gasteiger partial charge in [-0.1, -0.05) is 133 Å². The molecule has 2 heterocycles. The maximum atomic E-state index is 6.67. The molecule has 0 N–H and O–H groups in total. The summed E-state index contributed by atoms with van der Waals surface area (Å²) in [5.41, 5.74) is 6.73. The zero-order chi connectivity index (χ0) is 29.7. The van der Waals surface area contributed by atoms with Crippen LogP contribution in [0.25, 0.3) is 88.8 Å². The summed E-state index contributed by atoms with van der Waals surface area (Å²) < 4.78 is 6.67. The smallest absolute Gasteiger partial charge is 0.164 e. The minimum atomic E-state index is 0.633. The van der Waals surface area contributed by atoms with Gasteiger partial charge < -0.3 is 4.42 Å². The van der Waals surface area contributed by atoms with Gasteiger partial charge in [0, 0.05) is 33.0 Å². The second-order valence-corrected chi connectivity index (χ2v) is 11.3. The van der Waals surface area contributed by atoms with Gasteiger partial charge in [-0.15, -0.1) is 0 Å². The molecule has 0 unspecified atom stereocenters. The summed E-state index contributed by atoms with van der Waals surface area (Å²) in [6, 6.07) is 52.2. The number of benzene rings is 7. The summed E-state index contributed by atoms with van der Waals surface area (Å²) >= 11 is 0. The molecule has 210 valence electrons. The molecule has 0 atom stereocenters. The summed E-state index contributed by atoms with van der Waals surface area (Å²) in [6.07, 6.45) is 0. The molecule has 7 aromatic carbocycles. The average Bonchev–Trinajstić information content (AvgIpc) is 3.49. The second kappa shape index (κ2) is 10.2. The van der Waals surface area contributed by atoms with E-state index in [2.05, 4.69) is 91.0 Å². The summed E-state index contributed by atoms with van der Waals surface area (Å²) in [5, 5.41) is 7.01. The number of nitrogens with zero attached hydrogens (tertiary/aromatic N) is 3. The lowest BCUT2D eigenvalue weighted by Gasteiger charge is -2.10. The fourth-order valence-electron chi connectivity index (χ4n) is 6.26. The zero-order valence-corrected chi connectivity index (χ0v) is 24.2. The Balaban J connectivity index is 1.21. The van der Waals surface area contributed by atoms with Crippen molar-refractivity contribution in [3.63, 3.8) is 0 Å². The Bertz CT molecular complexity index is 2460. The largest absolute Gasteiger partial charge is 0.455 e. The highest BCUT2D eigenvalue weighted by atomic mass is 16.3. The predicted molar refractivity (Wildman–Crippen MR) is 184 cm³/mol. The molecule has 0 aliphatic heterocycles. The molecule has 0 fully saturated rings. The normalized spacial score (nSPS) is 11.6. The Labute approximate surface area is 259 Å². The molecular weight excluding hydrogens is 550 g/mol. The van der Waals surface area contributed by atoms with E-state index in [9.17, 15) is 0 Å². The van der Waals surface area contributed by atoms with Crippen LogP contribution in [0.1, 0.15) is 0 Å². The van der Waals surface area contributed by atoms with Crippen LogP contribution in [0.5, 0.6) is 0 Å². The van der Waals surface area contributed by atoms with E-state index in [0.717, 1.165) is 49.8 Å². The molecule has 0 aliphatic carbocycles. The van der Waals surface area contributed by atoms with Crippen LogP contribution in [0.3, 0.4) is 0 Å². The van der Waals surface area contributed by atoms with E-state index in [-0.39, 0.29) is 0 Å². The molecule has 0 bridgehead atoms. The molecule has 4 nitrogen and oxygen atoms in total. The van der Waals surface area contributed by atoms with Gasteiger partial charge in [-0.05, 0) is 45.3 Å². The van der Waals surface area contributed by atoms with Crippen molar-refractivity contribution in [1.29, 1.82) is 0 Å². The lowest BCUT2D eigenvalue weighted by atomic mass is 9.95. The van der Waals surface area contributed by atoms with E-state index in [0.29, 0.717) is 17.5 Å². The summed E-state index contributed by atoms with van der Waals surface area (Å²) in [6.45, 7) is 0. The summed E-state index contributed by atoms with van der Waals surface area (Å²) in [5.74, 6) is 1.93. The molecule has 2 aromatic heterocycles. The van der Waals surface area contributed by atoms with Gasteiger partial charge in [0.2, 0.25) is 0 Å². The third-order valence-electron chi connectivity index (χ3n) is 8.48. The maximum absolute atomic E-state index is 6.67. The van der Waals surface area contributed by atoms with Crippen LogP contribution in [0.2, 0.25) is 0 Å². The van der Waals surface area contributed by atoms with Crippen LogP contribution >= 0.6 is 0 Å². The highest BCUT2D eigenvalue weighted by molar-refractivity contribution is 6.24. The standard InChI is InChI=1S/C41H25N3O/c1-3-11-27(12-4-1)39-42-40(28-13-5-2-6-14-28)44-41(43-39)29-21-19-26(20-22-29)34-24-32-17-9-10-18-33(32)37-35-23-30-15-7-8-16-31(30)25-36(35)45-38(34)37/h1-25H. The molecular formula is C41H25N3O. The van der Waals surface area contributed by atoms with Gasteiger partial charge >= 0.3 is 0 Å². The number of aromatic nitrogens is 3. The highest BCUT2D eigenvalue weighted by Crippen LogP contribution is 2.42. The molecule has 0 saturated carbocycles. The Morgan fingerprint density at radius 3 is 1.49 bits per heavy atom. The van der Waals surface area contributed by atoms with Crippen molar-refractivity contribution in [2.24, 2.45) is 0 Å². The fraction of sp³-hybridized carbons (Fsp3) is 0. The van der Waals surface area contributed by atoms with Crippen LogP contribution < -0.4 is 0 Å². The quantitative estimate of drug-likeness (QED) is 0.209. The monoisotopic (exact) mass is 575 g/mol. The average molecular weight is 576 g/mol. The van der Waals surface area contributed by atoms with Crippen LogP contribution in [-0.2, 0) is 0 Å². The Kier molecular flexibility index (Phi) is 5.78. The van der Waals surface area contributed by atoms with Crippen molar-refractivity contribution >= 4 is 43.5 Å². The number of hydrogen-bond acceptors (Lipinski definition) is 4. The number of fused-ring (bicyclic) bond motifs is 6. The first-order valence-corrected chi connectivity index (χ1v) is 15.0. The molecule has 0 saturated heterocycles. The van der Waals surface area contributed by atoms with Crippen LogP contribution in [0.4, 0.5) is 0 Å². The zero-order valence-electron chi connectivity index (χ0n) is 24.2. The molecule has 9 rings (SSSR count). The molecule has 9 aromatic rings. The van der Waals surface area contributed by atoms with Gasteiger partial charge in [0.1, 0.15) is 11.2 Å². The van der Waals surface area contributed by atoms with E-state index >= 15 is 0 Å². The molecule has 4 heteroatoms. The lowest BCUT2D eigenvalue weighted by Crippen LogP contribution is -2.00. The third-order valence-corrected chi connectivity index (χ3v) is 8.48. The Morgan fingerprint density at radius 2 is 0.867 bits per heavy atom. The first-order chi connectivity index (χ1) is 22.3. The van der Waals surface area contributed by atoms with E-state index in [4.69, 9.17) is 19.4 Å². The predicted octanol–water partition coefficient (Wildman–Crippen LogP) is 10.7. The van der Waals surface area contributed by atoms with Crippen molar-refractivity contribution in [3.05, 3.63) is 152 Å². The van der Waals surface area contributed by atoms with Crippen molar-refractivity contribution in [1.82, 2.24) is 15.0 Å². The van der Waals surface area contributed by atoms with Gasteiger partial charge in [-0.3, -0.25) is 0 Å². The summed E-state index contributed by atoms with van der Waals surface area (Å²) in [4.78, 5) is 14.6. The Morgan fingerprint density at radius 1 is 0.378 bits per heavy atom. The van der Waals surface area contributed by atoms with Gasteiger partial charge in [0.25, 0.3) is 0 Å². The summed E-state index contributed by atoms with van der Waals surface area (Å²) in [7, 11) is 0. The molecule has 0 radical (unpaired) electrons. The van der Waals surface area contributed by atoms with E-state index in [1.807, 2.05) is 60.7 Å². The number of furan rings is 1. The van der Waals surface area contributed by atoms with Crippen molar-refractivity contribution in [2.75, 3.05) is 0 Å². The SMILES string of the molecule is c1ccc(-c2nc(-c3ccccc3)nc(-c3ccc(-c4cc5ccccc5c5c4oc4cc6ccccc6cc45)cc3)n2)cc1. The lowest BCUT2D eigenvalue weighted by molar-refractivity contribution is 0.671. The van der Waals surface area contributed by atoms with Gasteiger partial charge in [0.05, 0.1) is 0 Å². The van der Waals surface area contributed by atoms with Crippen LogP contribution in [0.15, 0.2) is 156 Å². The first-order valence-electron chi connectivity index (χ1n) is 15.0. The molecule has 0 amide bonds. The van der Waals surface area contributed by atoms with Crippen molar-refractivity contribution < 1.29 is 4.42 Å². The van der Waals surface area contributed by atoms with Crippen LogP contribution in [0, 0.1) is 0 Å². The topological polar surface area (TPSA) is 51.8 Å². The first kappa shape index (κ1) is 25.4. The van der Waals surface area contributed by atoms with Crippen LogP contribution in [-0.4, -0.2) is 15.0 Å². The van der Waals surface area contributed by atoms with E-state index in [1.165, 1.54) is 21.5 Å².